The summed E-state index contributed by atoms with van der Waals surface area (Å²) in [5.74, 6) is -0.290. The van der Waals surface area contributed by atoms with Crippen LogP contribution in [0, 0.1) is 5.41 Å². The number of halogens is 1. The summed E-state index contributed by atoms with van der Waals surface area (Å²) in [6, 6.07) is 12.4. The molecule has 0 amide bonds. The molecular formula is C26H31ClO6. The van der Waals surface area contributed by atoms with Crippen molar-refractivity contribution in [1.29, 1.82) is 0 Å². The first-order valence-corrected chi connectivity index (χ1v) is 11.8. The summed E-state index contributed by atoms with van der Waals surface area (Å²) in [5.41, 5.74) is 0.408. The van der Waals surface area contributed by atoms with Gasteiger partial charge in [-0.05, 0) is 48.7 Å². The van der Waals surface area contributed by atoms with Crippen molar-refractivity contribution < 1.29 is 29.3 Å². The van der Waals surface area contributed by atoms with Gasteiger partial charge in [-0.3, -0.25) is 9.59 Å². The molecule has 0 saturated heterocycles. The third-order valence-corrected chi connectivity index (χ3v) is 6.40. The Morgan fingerprint density at radius 2 is 1.67 bits per heavy atom. The Labute approximate surface area is 199 Å². The van der Waals surface area contributed by atoms with Crippen molar-refractivity contribution in [1.82, 2.24) is 0 Å². The van der Waals surface area contributed by atoms with Gasteiger partial charge in [0, 0.05) is 23.4 Å². The molecule has 1 aliphatic carbocycles. The molecule has 1 aliphatic rings. The first-order valence-electron chi connectivity index (χ1n) is 11.4. The highest BCUT2D eigenvalue weighted by Crippen LogP contribution is 2.40. The van der Waals surface area contributed by atoms with Gasteiger partial charge in [0.1, 0.15) is 6.61 Å². The van der Waals surface area contributed by atoms with Crippen molar-refractivity contribution in [2.45, 2.75) is 51.4 Å². The van der Waals surface area contributed by atoms with E-state index < -0.39 is 11.4 Å². The maximum absolute atomic E-state index is 13.1. The Balaban J connectivity index is 1.75. The molecule has 0 heterocycles. The number of ketones is 1. The van der Waals surface area contributed by atoms with Crippen molar-refractivity contribution in [3.05, 3.63) is 58.6 Å². The average Bonchev–Trinajstić information content (AvgIpc) is 3.04. The van der Waals surface area contributed by atoms with E-state index in [-0.39, 0.29) is 25.4 Å². The Morgan fingerprint density at radius 1 is 0.939 bits per heavy atom. The van der Waals surface area contributed by atoms with Gasteiger partial charge in [0.15, 0.2) is 17.3 Å². The molecule has 0 bridgehead atoms. The largest absolute Gasteiger partial charge is 0.489 e. The Hall–Kier alpha value is -2.57. The van der Waals surface area contributed by atoms with E-state index in [4.69, 9.17) is 26.2 Å². The molecule has 0 spiro atoms. The molecule has 1 saturated carbocycles. The molecule has 0 atom stereocenters. The molecule has 1 fully saturated rings. The fraction of sp³-hybridized carbons (Fsp3) is 0.462. The minimum absolute atomic E-state index is 0.0267. The van der Waals surface area contributed by atoms with Crippen molar-refractivity contribution in [3.8, 4) is 11.5 Å². The van der Waals surface area contributed by atoms with Gasteiger partial charge in [0.05, 0.1) is 18.6 Å². The molecule has 2 N–H and O–H groups in total. The molecule has 2 aromatic rings. The third kappa shape index (κ3) is 6.95. The van der Waals surface area contributed by atoms with Crippen LogP contribution in [0.5, 0.6) is 11.5 Å². The molecule has 2 aromatic carbocycles. The van der Waals surface area contributed by atoms with E-state index in [0.717, 1.165) is 31.2 Å². The van der Waals surface area contributed by atoms with Crippen LogP contribution in [0.3, 0.4) is 0 Å². The number of benzene rings is 2. The molecule has 178 valence electrons. The van der Waals surface area contributed by atoms with E-state index in [2.05, 4.69) is 0 Å². The van der Waals surface area contributed by atoms with Crippen molar-refractivity contribution in [3.63, 3.8) is 0 Å². The predicted molar refractivity (Wildman–Crippen MR) is 126 cm³/mol. The minimum Gasteiger partial charge on any atom is -0.489 e. The molecule has 7 heteroatoms. The number of aliphatic hydroxyl groups excluding tert-OH is 1. The number of Topliss-reactive ketones (excluding diaryl/α,β-unsaturated/α-hetero) is 1. The fourth-order valence-corrected chi connectivity index (χ4v) is 4.53. The predicted octanol–water partition coefficient (Wildman–Crippen LogP) is 5.33. The van der Waals surface area contributed by atoms with E-state index in [1.807, 2.05) is 18.2 Å². The zero-order valence-electron chi connectivity index (χ0n) is 18.7. The number of carboxylic acid groups (broad SMARTS) is 1. The van der Waals surface area contributed by atoms with E-state index in [9.17, 15) is 14.7 Å². The molecular weight excluding hydrogens is 444 g/mol. The van der Waals surface area contributed by atoms with Gasteiger partial charge in [0.25, 0.3) is 0 Å². The highest BCUT2D eigenvalue weighted by Gasteiger charge is 2.40. The van der Waals surface area contributed by atoms with Gasteiger partial charge < -0.3 is 19.7 Å². The second-order valence-corrected chi connectivity index (χ2v) is 9.00. The molecule has 6 nitrogen and oxygen atoms in total. The van der Waals surface area contributed by atoms with Crippen LogP contribution >= 0.6 is 11.6 Å². The van der Waals surface area contributed by atoms with Crippen LogP contribution in [0.25, 0.3) is 0 Å². The lowest BCUT2D eigenvalue weighted by atomic mass is 9.75. The zero-order valence-corrected chi connectivity index (χ0v) is 19.5. The summed E-state index contributed by atoms with van der Waals surface area (Å²) < 4.78 is 11.5. The summed E-state index contributed by atoms with van der Waals surface area (Å²) in [4.78, 5) is 25.2. The van der Waals surface area contributed by atoms with Crippen molar-refractivity contribution in [2.75, 3.05) is 19.8 Å². The molecule has 3 rings (SSSR count). The maximum Gasteiger partial charge on any atom is 0.310 e. The SMILES string of the molecule is O=C(CC1(C(=O)O)CCCCCC1)c1ccc(OCCO)c(OCCc2cccc(Cl)c2)c1. The lowest BCUT2D eigenvalue weighted by Crippen LogP contribution is -2.33. The van der Waals surface area contributed by atoms with Crippen LogP contribution in [-0.4, -0.2) is 41.8 Å². The number of carbonyl (C=O) groups is 2. The summed E-state index contributed by atoms with van der Waals surface area (Å²) >= 11 is 6.04. The zero-order chi connectivity index (χ0) is 23.7. The quantitative estimate of drug-likeness (QED) is 0.337. The highest BCUT2D eigenvalue weighted by molar-refractivity contribution is 6.30. The molecule has 0 radical (unpaired) electrons. The number of ether oxygens (including phenoxy) is 2. The molecule has 0 unspecified atom stereocenters. The first-order chi connectivity index (χ1) is 15.9. The normalized spacial score (nSPS) is 15.5. The monoisotopic (exact) mass is 474 g/mol. The average molecular weight is 475 g/mol. The van der Waals surface area contributed by atoms with Gasteiger partial charge >= 0.3 is 5.97 Å². The van der Waals surface area contributed by atoms with Crippen molar-refractivity contribution in [2.24, 2.45) is 5.41 Å². The molecule has 33 heavy (non-hydrogen) atoms. The fourth-order valence-electron chi connectivity index (χ4n) is 4.32. The van der Waals surface area contributed by atoms with E-state index in [0.29, 0.717) is 48.0 Å². The summed E-state index contributed by atoms with van der Waals surface area (Å²) in [5, 5.41) is 19.7. The third-order valence-electron chi connectivity index (χ3n) is 6.17. The number of hydrogen-bond acceptors (Lipinski definition) is 5. The topological polar surface area (TPSA) is 93.1 Å². The number of aliphatic carboxylic acids is 1. The van der Waals surface area contributed by atoms with Gasteiger partial charge in [-0.1, -0.05) is 49.4 Å². The number of aliphatic hydroxyl groups is 1. The minimum atomic E-state index is -1.01. The number of hydrogen-bond donors (Lipinski definition) is 2. The summed E-state index contributed by atoms with van der Waals surface area (Å²) in [6.45, 7) is 0.288. The number of carboxylic acids is 1. The Bertz CT molecular complexity index is 950. The van der Waals surface area contributed by atoms with Gasteiger partial charge in [0.2, 0.25) is 0 Å². The smallest absolute Gasteiger partial charge is 0.310 e. The highest BCUT2D eigenvalue weighted by atomic mass is 35.5. The van der Waals surface area contributed by atoms with Crippen LogP contribution in [0.2, 0.25) is 5.02 Å². The lowest BCUT2D eigenvalue weighted by Gasteiger charge is -2.27. The maximum atomic E-state index is 13.1. The number of carbonyl (C=O) groups excluding carboxylic acids is 1. The summed E-state index contributed by atoms with van der Waals surface area (Å²) in [7, 11) is 0. The van der Waals surface area contributed by atoms with E-state index >= 15 is 0 Å². The van der Waals surface area contributed by atoms with Gasteiger partial charge in [-0.15, -0.1) is 0 Å². The van der Waals surface area contributed by atoms with Crippen LogP contribution in [0.4, 0.5) is 0 Å². The first kappa shape index (κ1) is 25.1. The Kier molecular flexibility index (Phi) is 9.15. The Morgan fingerprint density at radius 3 is 2.33 bits per heavy atom. The van der Waals surface area contributed by atoms with Crippen LogP contribution in [-0.2, 0) is 11.2 Å². The summed E-state index contributed by atoms with van der Waals surface area (Å²) in [6.07, 6.45) is 5.29. The molecule has 0 aromatic heterocycles. The van der Waals surface area contributed by atoms with Gasteiger partial charge in [-0.2, -0.15) is 0 Å². The second kappa shape index (κ2) is 12.1. The second-order valence-electron chi connectivity index (χ2n) is 8.56. The van der Waals surface area contributed by atoms with Gasteiger partial charge in [-0.25, -0.2) is 0 Å². The van der Waals surface area contributed by atoms with Crippen LogP contribution in [0.15, 0.2) is 42.5 Å². The standard InChI is InChI=1S/C26H31ClO6/c27-21-7-5-6-19(16-21)10-14-32-24-17-20(8-9-23(24)33-15-13-28)22(29)18-26(25(30)31)11-3-1-2-4-12-26/h5-9,16-17,28H,1-4,10-15,18H2,(H,30,31). The van der Waals surface area contributed by atoms with E-state index in [1.165, 1.54) is 0 Å². The van der Waals surface area contributed by atoms with Crippen LogP contribution < -0.4 is 9.47 Å². The lowest BCUT2D eigenvalue weighted by molar-refractivity contribution is -0.149. The molecule has 0 aliphatic heterocycles. The van der Waals surface area contributed by atoms with Crippen molar-refractivity contribution >= 4 is 23.4 Å². The van der Waals surface area contributed by atoms with Crippen LogP contribution in [0.1, 0.15) is 60.9 Å². The van der Waals surface area contributed by atoms with E-state index in [1.54, 1.807) is 24.3 Å². The number of rotatable bonds is 11.